The van der Waals surface area contributed by atoms with Crippen molar-refractivity contribution in [3.63, 3.8) is 0 Å². The standard InChI is InChI=1S/C12H22N2OS2/c1-8-9(2)17-11(7-16-8)12(14-13)10-5-3-4-6-15-10/h5,8-9,11-12,14H,3-4,6-7,13H2,1-2H3. The second kappa shape index (κ2) is 6.36. The predicted molar refractivity (Wildman–Crippen MR) is 77.1 cm³/mol. The Kier molecular flexibility index (Phi) is 5.09. The molecule has 0 radical (unpaired) electrons. The molecule has 3 N–H and O–H groups in total. The lowest BCUT2D eigenvalue weighted by Crippen LogP contribution is -2.48. The molecule has 2 aliphatic rings. The van der Waals surface area contributed by atoms with Crippen LogP contribution in [-0.4, -0.2) is 34.2 Å². The van der Waals surface area contributed by atoms with Crippen molar-refractivity contribution in [3.8, 4) is 0 Å². The monoisotopic (exact) mass is 274 g/mol. The topological polar surface area (TPSA) is 47.3 Å². The molecule has 3 nitrogen and oxygen atoms in total. The minimum atomic E-state index is 0.169. The lowest BCUT2D eigenvalue weighted by molar-refractivity contribution is 0.167. The van der Waals surface area contributed by atoms with E-state index in [1.54, 1.807) is 0 Å². The van der Waals surface area contributed by atoms with E-state index in [0.717, 1.165) is 36.2 Å². The van der Waals surface area contributed by atoms with Crippen molar-refractivity contribution in [3.05, 3.63) is 11.8 Å². The first-order valence-electron chi connectivity index (χ1n) is 6.28. The van der Waals surface area contributed by atoms with E-state index in [1.807, 2.05) is 23.5 Å². The van der Waals surface area contributed by atoms with Gasteiger partial charge in [-0.2, -0.15) is 23.5 Å². The van der Waals surface area contributed by atoms with Crippen LogP contribution in [0.15, 0.2) is 11.8 Å². The Morgan fingerprint density at radius 1 is 1.47 bits per heavy atom. The van der Waals surface area contributed by atoms with E-state index in [1.165, 1.54) is 0 Å². The van der Waals surface area contributed by atoms with Crippen molar-refractivity contribution >= 4 is 23.5 Å². The summed E-state index contributed by atoms with van der Waals surface area (Å²) in [5.41, 5.74) is 2.95. The number of hydrogen-bond acceptors (Lipinski definition) is 5. The summed E-state index contributed by atoms with van der Waals surface area (Å²) >= 11 is 4.08. The second-order valence-corrected chi connectivity index (χ2v) is 7.69. The van der Waals surface area contributed by atoms with Crippen LogP contribution in [0.4, 0.5) is 0 Å². The van der Waals surface area contributed by atoms with E-state index in [-0.39, 0.29) is 6.04 Å². The lowest BCUT2D eigenvalue weighted by Gasteiger charge is -2.36. The largest absolute Gasteiger partial charge is 0.496 e. The van der Waals surface area contributed by atoms with Crippen molar-refractivity contribution in [2.75, 3.05) is 12.4 Å². The fourth-order valence-corrected chi connectivity index (χ4v) is 5.23. The van der Waals surface area contributed by atoms with Gasteiger partial charge in [-0.3, -0.25) is 5.84 Å². The first-order chi connectivity index (χ1) is 8.22. The molecule has 2 rings (SSSR count). The Bertz CT molecular complexity index is 286. The van der Waals surface area contributed by atoms with Crippen LogP contribution in [0.1, 0.15) is 26.7 Å². The summed E-state index contributed by atoms with van der Waals surface area (Å²) in [6.07, 6.45) is 4.44. The molecule has 5 heteroatoms. The first-order valence-corrected chi connectivity index (χ1v) is 8.27. The maximum Gasteiger partial charge on any atom is 0.111 e. The molecular weight excluding hydrogens is 252 g/mol. The maximum atomic E-state index is 5.74. The van der Waals surface area contributed by atoms with E-state index >= 15 is 0 Å². The third-order valence-corrected chi connectivity index (χ3v) is 6.89. The number of hydrogen-bond donors (Lipinski definition) is 2. The zero-order valence-corrected chi connectivity index (χ0v) is 12.2. The highest BCUT2D eigenvalue weighted by molar-refractivity contribution is 8.07. The average molecular weight is 274 g/mol. The minimum Gasteiger partial charge on any atom is -0.496 e. The summed E-state index contributed by atoms with van der Waals surface area (Å²) in [6, 6.07) is 0.169. The predicted octanol–water partition coefficient (Wildman–Crippen LogP) is 2.14. The summed E-state index contributed by atoms with van der Waals surface area (Å²) in [5, 5.41) is 1.93. The summed E-state index contributed by atoms with van der Waals surface area (Å²) in [7, 11) is 0. The Morgan fingerprint density at radius 2 is 2.29 bits per heavy atom. The number of rotatable bonds is 3. The average Bonchev–Trinajstić information content (AvgIpc) is 2.36. The number of nitrogens with one attached hydrogen (secondary N) is 1. The van der Waals surface area contributed by atoms with E-state index in [4.69, 9.17) is 10.6 Å². The van der Waals surface area contributed by atoms with Crippen molar-refractivity contribution in [2.45, 2.75) is 48.5 Å². The molecule has 2 aliphatic heterocycles. The van der Waals surface area contributed by atoms with Gasteiger partial charge >= 0.3 is 0 Å². The van der Waals surface area contributed by atoms with Crippen LogP contribution in [0.5, 0.6) is 0 Å². The van der Waals surface area contributed by atoms with Crippen molar-refractivity contribution < 1.29 is 4.74 Å². The van der Waals surface area contributed by atoms with Crippen LogP contribution < -0.4 is 11.3 Å². The lowest BCUT2D eigenvalue weighted by atomic mass is 10.1. The number of hydrazine groups is 1. The van der Waals surface area contributed by atoms with E-state index in [0.29, 0.717) is 10.5 Å². The van der Waals surface area contributed by atoms with E-state index in [9.17, 15) is 0 Å². The summed E-state index contributed by atoms with van der Waals surface area (Å²) < 4.78 is 5.74. The van der Waals surface area contributed by atoms with Gasteiger partial charge in [-0.1, -0.05) is 13.8 Å². The van der Waals surface area contributed by atoms with Gasteiger partial charge in [0.2, 0.25) is 0 Å². The Labute approximate surface area is 112 Å². The van der Waals surface area contributed by atoms with Gasteiger partial charge < -0.3 is 4.74 Å². The molecule has 0 aromatic carbocycles. The third kappa shape index (κ3) is 3.34. The molecule has 0 saturated carbocycles. The number of ether oxygens (including phenoxy) is 1. The van der Waals surface area contributed by atoms with Gasteiger partial charge in [0.15, 0.2) is 0 Å². The maximum absolute atomic E-state index is 5.74. The smallest absolute Gasteiger partial charge is 0.111 e. The molecule has 4 unspecified atom stereocenters. The van der Waals surface area contributed by atoms with E-state index < -0.39 is 0 Å². The molecule has 2 heterocycles. The molecule has 1 fully saturated rings. The number of thioether (sulfide) groups is 2. The fraction of sp³-hybridized carbons (Fsp3) is 0.833. The van der Waals surface area contributed by atoms with Gasteiger partial charge in [-0.15, -0.1) is 0 Å². The molecule has 0 amide bonds. The van der Waals surface area contributed by atoms with Crippen LogP contribution in [0.25, 0.3) is 0 Å². The molecular formula is C12H22N2OS2. The summed E-state index contributed by atoms with van der Waals surface area (Å²) in [6.45, 7) is 5.44. The van der Waals surface area contributed by atoms with Crippen LogP contribution in [0.2, 0.25) is 0 Å². The molecule has 0 aliphatic carbocycles. The van der Waals surface area contributed by atoms with Gasteiger partial charge in [0.05, 0.1) is 12.6 Å². The Hall–Kier alpha value is 0.160. The Balaban J connectivity index is 2.00. The summed E-state index contributed by atoms with van der Waals surface area (Å²) in [5.74, 6) is 7.92. The van der Waals surface area contributed by atoms with Crippen molar-refractivity contribution in [1.82, 2.24) is 5.43 Å². The highest BCUT2D eigenvalue weighted by Crippen LogP contribution is 2.38. The van der Waals surface area contributed by atoms with E-state index in [2.05, 4.69) is 25.3 Å². The fourth-order valence-electron chi connectivity index (χ4n) is 2.15. The molecule has 0 spiro atoms. The Morgan fingerprint density at radius 3 is 2.88 bits per heavy atom. The van der Waals surface area contributed by atoms with Crippen LogP contribution in [-0.2, 0) is 4.74 Å². The molecule has 0 bridgehead atoms. The minimum absolute atomic E-state index is 0.169. The van der Waals surface area contributed by atoms with Crippen molar-refractivity contribution in [2.24, 2.45) is 5.84 Å². The number of allylic oxidation sites excluding steroid dienone is 1. The summed E-state index contributed by atoms with van der Waals surface area (Å²) in [4.78, 5) is 0. The molecule has 17 heavy (non-hydrogen) atoms. The van der Waals surface area contributed by atoms with Gasteiger partial charge in [0, 0.05) is 21.5 Å². The zero-order chi connectivity index (χ0) is 12.3. The van der Waals surface area contributed by atoms with Gasteiger partial charge in [0.1, 0.15) is 5.76 Å². The second-order valence-electron chi connectivity index (χ2n) is 4.66. The number of nitrogens with two attached hydrogens (primary N) is 1. The van der Waals surface area contributed by atoms with Crippen LogP contribution in [0, 0.1) is 0 Å². The van der Waals surface area contributed by atoms with Crippen molar-refractivity contribution in [1.29, 1.82) is 0 Å². The van der Waals surface area contributed by atoms with Gasteiger partial charge in [-0.25, -0.2) is 5.43 Å². The molecule has 4 atom stereocenters. The molecule has 0 aromatic rings. The SMILES string of the molecule is CC1SCC(C(NN)C2=CCCCO2)SC1C. The van der Waals surface area contributed by atoms with Crippen LogP contribution in [0.3, 0.4) is 0 Å². The van der Waals surface area contributed by atoms with Gasteiger partial charge in [0.25, 0.3) is 0 Å². The zero-order valence-electron chi connectivity index (χ0n) is 10.5. The highest BCUT2D eigenvalue weighted by Gasteiger charge is 2.33. The van der Waals surface area contributed by atoms with Gasteiger partial charge in [-0.05, 0) is 18.9 Å². The third-order valence-electron chi connectivity index (χ3n) is 3.39. The van der Waals surface area contributed by atoms with Crippen LogP contribution >= 0.6 is 23.5 Å². The quantitative estimate of drug-likeness (QED) is 0.610. The molecule has 1 saturated heterocycles. The first kappa shape index (κ1) is 13.6. The molecule has 98 valence electrons. The normalized spacial score (nSPS) is 35.9. The molecule has 0 aromatic heterocycles. The highest BCUT2D eigenvalue weighted by atomic mass is 32.2.